The van der Waals surface area contributed by atoms with E-state index in [0.717, 1.165) is 49.5 Å². The monoisotopic (exact) mass is 340 g/mol. The van der Waals surface area contributed by atoms with Crippen molar-refractivity contribution < 1.29 is 4.52 Å². The molecule has 0 bridgehead atoms. The Balaban J connectivity index is 1.33. The summed E-state index contributed by atoms with van der Waals surface area (Å²) in [6.07, 6.45) is 8.00. The third kappa shape index (κ3) is 2.92. The van der Waals surface area contributed by atoms with Gasteiger partial charge in [0.1, 0.15) is 11.5 Å². The lowest BCUT2D eigenvalue weighted by molar-refractivity contribution is 0.209. The van der Waals surface area contributed by atoms with Crippen LogP contribution >= 0.6 is 0 Å². The van der Waals surface area contributed by atoms with Crippen LogP contribution < -0.4 is 5.56 Å². The van der Waals surface area contributed by atoms with E-state index in [1.54, 1.807) is 10.7 Å². The Morgan fingerprint density at radius 3 is 2.96 bits per heavy atom. The maximum Gasteiger partial charge on any atom is 0.266 e. The molecule has 0 N–H and O–H groups in total. The molecular formula is C19H24N4O2. The predicted molar refractivity (Wildman–Crippen MR) is 92.4 cm³/mol. The molecule has 0 amide bonds. The number of aryl methyl sites for hydroxylation is 1. The van der Waals surface area contributed by atoms with Crippen LogP contribution in [0.25, 0.3) is 0 Å². The second-order valence-corrected chi connectivity index (χ2v) is 7.70. The molecule has 2 aromatic heterocycles. The second kappa shape index (κ2) is 6.09. The highest BCUT2D eigenvalue weighted by Crippen LogP contribution is 2.38. The third-order valence-corrected chi connectivity index (χ3v) is 5.90. The van der Waals surface area contributed by atoms with E-state index in [-0.39, 0.29) is 5.56 Å². The fourth-order valence-electron chi connectivity index (χ4n) is 4.31. The summed E-state index contributed by atoms with van der Waals surface area (Å²) in [5, 5.41) is 8.94. The fourth-order valence-corrected chi connectivity index (χ4v) is 4.31. The van der Waals surface area contributed by atoms with Gasteiger partial charge in [-0.05, 0) is 51.1 Å². The first-order valence-corrected chi connectivity index (χ1v) is 9.56. The van der Waals surface area contributed by atoms with Crippen LogP contribution in [0, 0.1) is 0 Å². The van der Waals surface area contributed by atoms with Crippen LogP contribution in [-0.4, -0.2) is 32.4 Å². The number of hydrogen-bond donors (Lipinski definition) is 0. The first-order chi connectivity index (χ1) is 12.3. The Kier molecular flexibility index (Phi) is 3.73. The van der Waals surface area contributed by atoms with Crippen molar-refractivity contribution in [3.05, 3.63) is 45.2 Å². The highest BCUT2D eigenvalue weighted by atomic mass is 16.5. The average Bonchev–Trinajstić information content (AvgIpc) is 3.01. The Morgan fingerprint density at radius 2 is 2.08 bits per heavy atom. The highest BCUT2D eigenvalue weighted by Gasteiger charge is 2.30. The molecule has 3 aliphatic rings. The van der Waals surface area contributed by atoms with Gasteiger partial charge in [-0.3, -0.25) is 9.69 Å². The minimum atomic E-state index is 0.0126. The molecule has 2 aliphatic carbocycles. The lowest BCUT2D eigenvalue weighted by Crippen LogP contribution is -2.37. The van der Waals surface area contributed by atoms with Crippen molar-refractivity contribution in [1.29, 1.82) is 0 Å². The summed E-state index contributed by atoms with van der Waals surface area (Å²) in [6, 6.07) is 3.94. The van der Waals surface area contributed by atoms with Crippen molar-refractivity contribution >= 4 is 0 Å². The SMILES string of the molecule is O=c1ccc(C2CC2)nn1CC1CCCN1Cc1noc2c1CCC2. The molecule has 5 rings (SSSR count). The molecule has 1 saturated carbocycles. The van der Waals surface area contributed by atoms with Gasteiger partial charge in [-0.2, -0.15) is 5.10 Å². The molecule has 1 atom stereocenters. The number of hydrogen-bond acceptors (Lipinski definition) is 5. The van der Waals surface area contributed by atoms with Crippen LogP contribution in [0.3, 0.4) is 0 Å². The van der Waals surface area contributed by atoms with Crippen molar-refractivity contribution in [2.45, 2.75) is 70.0 Å². The number of fused-ring (bicyclic) bond motifs is 1. The maximum atomic E-state index is 12.2. The van der Waals surface area contributed by atoms with Gasteiger partial charge in [0.25, 0.3) is 5.56 Å². The Bertz CT molecular complexity index is 836. The van der Waals surface area contributed by atoms with E-state index < -0.39 is 0 Å². The molecule has 0 aromatic carbocycles. The van der Waals surface area contributed by atoms with Gasteiger partial charge in [0.05, 0.1) is 12.2 Å². The first kappa shape index (κ1) is 15.3. The Labute approximate surface area is 146 Å². The summed E-state index contributed by atoms with van der Waals surface area (Å²) in [5.74, 6) is 1.66. The Hall–Kier alpha value is -1.95. The smallest absolute Gasteiger partial charge is 0.266 e. The molecular weight excluding hydrogens is 316 g/mol. The van der Waals surface area contributed by atoms with Crippen LogP contribution in [0.1, 0.15) is 60.7 Å². The number of aromatic nitrogens is 3. The summed E-state index contributed by atoms with van der Waals surface area (Å²) < 4.78 is 7.18. The topological polar surface area (TPSA) is 64.2 Å². The summed E-state index contributed by atoms with van der Waals surface area (Å²) in [5.41, 5.74) is 3.53. The minimum absolute atomic E-state index is 0.0126. The second-order valence-electron chi connectivity index (χ2n) is 7.70. The van der Waals surface area contributed by atoms with Gasteiger partial charge < -0.3 is 4.52 Å². The Morgan fingerprint density at radius 1 is 1.16 bits per heavy atom. The third-order valence-electron chi connectivity index (χ3n) is 5.90. The number of rotatable bonds is 5. The average molecular weight is 340 g/mol. The normalized spacial score (nSPS) is 23.3. The molecule has 25 heavy (non-hydrogen) atoms. The largest absolute Gasteiger partial charge is 0.361 e. The number of likely N-dealkylation sites (tertiary alicyclic amines) is 1. The zero-order valence-electron chi connectivity index (χ0n) is 14.5. The summed E-state index contributed by atoms with van der Waals surface area (Å²) in [4.78, 5) is 14.7. The molecule has 1 aliphatic heterocycles. The number of nitrogens with zero attached hydrogens (tertiary/aromatic N) is 4. The lowest BCUT2D eigenvalue weighted by Gasteiger charge is -2.24. The quantitative estimate of drug-likeness (QED) is 0.835. The van der Waals surface area contributed by atoms with E-state index in [4.69, 9.17) is 4.52 Å². The van der Waals surface area contributed by atoms with E-state index in [0.29, 0.717) is 18.5 Å². The molecule has 1 unspecified atom stereocenters. The minimum Gasteiger partial charge on any atom is -0.361 e. The fraction of sp³-hybridized carbons (Fsp3) is 0.632. The van der Waals surface area contributed by atoms with Crippen molar-refractivity contribution in [1.82, 2.24) is 19.8 Å². The molecule has 1 saturated heterocycles. The van der Waals surface area contributed by atoms with Gasteiger partial charge in [-0.15, -0.1) is 0 Å². The van der Waals surface area contributed by atoms with Crippen molar-refractivity contribution in [2.24, 2.45) is 0 Å². The molecule has 6 nitrogen and oxygen atoms in total. The first-order valence-electron chi connectivity index (χ1n) is 9.56. The summed E-state index contributed by atoms with van der Waals surface area (Å²) in [7, 11) is 0. The van der Waals surface area contributed by atoms with E-state index in [1.807, 2.05) is 6.07 Å². The van der Waals surface area contributed by atoms with E-state index in [2.05, 4.69) is 15.2 Å². The summed E-state index contributed by atoms with van der Waals surface area (Å²) >= 11 is 0. The molecule has 6 heteroatoms. The molecule has 132 valence electrons. The van der Waals surface area contributed by atoms with Crippen molar-refractivity contribution in [3.8, 4) is 0 Å². The van der Waals surface area contributed by atoms with E-state index in [1.165, 1.54) is 31.2 Å². The van der Waals surface area contributed by atoms with Gasteiger partial charge in [-0.25, -0.2) is 4.68 Å². The lowest BCUT2D eigenvalue weighted by atomic mass is 10.1. The van der Waals surface area contributed by atoms with Crippen LogP contribution in [0.15, 0.2) is 21.5 Å². The zero-order valence-corrected chi connectivity index (χ0v) is 14.5. The van der Waals surface area contributed by atoms with Crippen LogP contribution in [-0.2, 0) is 25.9 Å². The van der Waals surface area contributed by atoms with E-state index >= 15 is 0 Å². The van der Waals surface area contributed by atoms with Crippen LogP contribution in [0.2, 0.25) is 0 Å². The van der Waals surface area contributed by atoms with Crippen molar-refractivity contribution in [3.63, 3.8) is 0 Å². The molecule has 0 radical (unpaired) electrons. The van der Waals surface area contributed by atoms with Gasteiger partial charge in [-0.1, -0.05) is 5.16 Å². The van der Waals surface area contributed by atoms with Crippen LogP contribution in [0.5, 0.6) is 0 Å². The van der Waals surface area contributed by atoms with Gasteiger partial charge in [0, 0.05) is 36.6 Å². The molecule has 0 spiro atoms. The predicted octanol–water partition coefficient (Wildman–Crippen LogP) is 2.26. The standard InChI is InChI=1S/C19H24N4O2/c24-19-9-8-16(13-6-7-13)20-23(19)11-14-3-2-10-22(14)12-17-15-4-1-5-18(15)25-21-17/h8-9,13-14H,1-7,10-12H2. The zero-order chi connectivity index (χ0) is 16.8. The van der Waals surface area contributed by atoms with Gasteiger partial charge in [0.2, 0.25) is 0 Å². The highest BCUT2D eigenvalue weighted by molar-refractivity contribution is 5.27. The van der Waals surface area contributed by atoms with Crippen molar-refractivity contribution in [2.75, 3.05) is 6.54 Å². The van der Waals surface area contributed by atoms with Crippen LogP contribution in [0.4, 0.5) is 0 Å². The van der Waals surface area contributed by atoms with Gasteiger partial charge >= 0.3 is 0 Å². The molecule has 2 aromatic rings. The maximum absolute atomic E-state index is 12.2. The molecule has 2 fully saturated rings. The van der Waals surface area contributed by atoms with E-state index in [9.17, 15) is 4.79 Å². The summed E-state index contributed by atoms with van der Waals surface area (Å²) in [6.45, 7) is 2.57. The molecule has 3 heterocycles. The van der Waals surface area contributed by atoms with Gasteiger partial charge in [0.15, 0.2) is 0 Å².